The van der Waals surface area contributed by atoms with Gasteiger partial charge in [0.2, 0.25) is 0 Å². The number of amides is 1. The second-order valence-electron chi connectivity index (χ2n) is 8.54. The number of hydrogen-bond acceptors (Lipinski definition) is 7. The number of benzene rings is 2. The Bertz CT molecular complexity index is 1160. The third-order valence-corrected chi connectivity index (χ3v) is 4.61. The predicted molar refractivity (Wildman–Crippen MR) is 123 cm³/mol. The smallest absolute Gasteiger partial charge is 0.328 e. The van der Waals surface area contributed by atoms with Crippen molar-refractivity contribution in [3.63, 3.8) is 0 Å². The predicted octanol–water partition coefficient (Wildman–Crippen LogP) is 4.34. The molecule has 1 atom stereocenters. The first-order valence-corrected chi connectivity index (χ1v) is 10.5. The zero-order valence-corrected chi connectivity index (χ0v) is 19.3. The summed E-state index contributed by atoms with van der Waals surface area (Å²) in [5, 5.41) is 14.3. The Hall–Kier alpha value is -3.65. The van der Waals surface area contributed by atoms with E-state index in [0.29, 0.717) is 28.0 Å². The van der Waals surface area contributed by atoms with Gasteiger partial charge in [0, 0.05) is 17.9 Å². The number of fused-ring (bicyclic) bond motifs is 1. The molecule has 1 amide bonds. The van der Waals surface area contributed by atoms with E-state index in [9.17, 15) is 14.7 Å². The maximum atomic E-state index is 12.8. The van der Waals surface area contributed by atoms with Crippen molar-refractivity contribution in [2.45, 2.75) is 45.9 Å². The molecule has 2 aromatic carbocycles. The monoisotopic (exact) mass is 452 g/mol. The standard InChI is InChI=1S/C25H28N2O6/c1-15(24(30)33-25(2,3)4)26-23(29)21-22(28)18-12-11-17(32-16-9-7-6-8-10-16)13-19(18)20(27-21)14-31-5/h6-13,15,28H,14H2,1-5H3,(H,26,29). The van der Waals surface area contributed by atoms with Crippen molar-refractivity contribution in [3.8, 4) is 17.2 Å². The highest BCUT2D eigenvalue weighted by molar-refractivity contribution is 6.03. The zero-order valence-electron chi connectivity index (χ0n) is 19.3. The highest BCUT2D eigenvalue weighted by atomic mass is 16.6. The minimum Gasteiger partial charge on any atom is -0.505 e. The largest absolute Gasteiger partial charge is 0.505 e. The molecule has 0 saturated heterocycles. The van der Waals surface area contributed by atoms with Crippen LogP contribution in [0.25, 0.3) is 10.8 Å². The van der Waals surface area contributed by atoms with Gasteiger partial charge in [-0.1, -0.05) is 18.2 Å². The van der Waals surface area contributed by atoms with Crippen LogP contribution in [0.15, 0.2) is 48.5 Å². The van der Waals surface area contributed by atoms with Crippen LogP contribution in [0.2, 0.25) is 0 Å². The van der Waals surface area contributed by atoms with E-state index >= 15 is 0 Å². The van der Waals surface area contributed by atoms with E-state index in [1.165, 1.54) is 14.0 Å². The van der Waals surface area contributed by atoms with E-state index in [0.717, 1.165) is 0 Å². The first-order chi connectivity index (χ1) is 15.6. The maximum absolute atomic E-state index is 12.8. The molecule has 0 spiro atoms. The molecule has 0 saturated carbocycles. The molecule has 0 aliphatic carbocycles. The molecule has 8 heteroatoms. The molecular weight excluding hydrogens is 424 g/mol. The fraction of sp³-hybridized carbons (Fsp3) is 0.320. The zero-order chi connectivity index (χ0) is 24.2. The molecule has 33 heavy (non-hydrogen) atoms. The number of aromatic nitrogens is 1. The number of hydrogen-bond donors (Lipinski definition) is 2. The fourth-order valence-corrected chi connectivity index (χ4v) is 3.15. The summed E-state index contributed by atoms with van der Waals surface area (Å²) in [5.41, 5.74) is -0.453. The molecule has 0 fully saturated rings. The molecule has 1 heterocycles. The first-order valence-electron chi connectivity index (χ1n) is 10.5. The molecule has 3 aromatic rings. The summed E-state index contributed by atoms with van der Waals surface area (Å²) in [7, 11) is 1.51. The summed E-state index contributed by atoms with van der Waals surface area (Å²) >= 11 is 0. The Labute approximate surface area is 192 Å². The van der Waals surface area contributed by atoms with Crippen LogP contribution >= 0.6 is 0 Å². The van der Waals surface area contributed by atoms with E-state index in [1.54, 1.807) is 39.0 Å². The minimum absolute atomic E-state index is 0.105. The van der Waals surface area contributed by atoms with Crippen molar-refractivity contribution in [1.82, 2.24) is 10.3 Å². The van der Waals surface area contributed by atoms with Crippen LogP contribution < -0.4 is 10.1 Å². The third kappa shape index (κ3) is 5.98. The van der Waals surface area contributed by atoms with Crippen LogP contribution in [0.3, 0.4) is 0 Å². The first kappa shape index (κ1) is 24.0. The average molecular weight is 453 g/mol. The number of aromatic hydroxyl groups is 1. The number of pyridine rings is 1. The van der Waals surface area contributed by atoms with E-state index < -0.39 is 23.5 Å². The van der Waals surface area contributed by atoms with Crippen LogP contribution in [0, 0.1) is 0 Å². The molecule has 0 aliphatic heterocycles. The normalized spacial score (nSPS) is 12.3. The summed E-state index contributed by atoms with van der Waals surface area (Å²) in [6, 6.07) is 13.4. The van der Waals surface area contributed by atoms with Crippen LogP contribution in [0.4, 0.5) is 0 Å². The van der Waals surface area contributed by atoms with E-state index in [-0.39, 0.29) is 18.1 Å². The van der Waals surface area contributed by atoms with Crippen LogP contribution in [0.5, 0.6) is 17.2 Å². The average Bonchev–Trinajstić information content (AvgIpc) is 2.75. The molecule has 1 unspecified atom stereocenters. The fourth-order valence-electron chi connectivity index (χ4n) is 3.15. The van der Waals surface area contributed by atoms with Gasteiger partial charge in [-0.05, 0) is 58.0 Å². The molecular formula is C25H28N2O6. The number of methoxy groups -OCH3 is 1. The van der Waals surface area contributed by atoms with Gasteiger partial charge in [-0.25, -0.2) is 9.78 Å². The van der Waals surface area contributed by atoms with Crippen LogP contribution in [0.1, 0.15) is 43.9 Å². The van der Waals surface area contributed by atoms with Gasteiger partial charge in [0.15, 0.2) is 11.4 Å². The molecule has 0 bridgehead atoms. The van der Waals surface area contributed by atoms with Gasteiger partial charge in [-0.2, -0.15) is 0 Å². The second kappa shape index (κ2) is 9.87. The second-order valence-corrected chi connectivity index (χ2v) is 8.54. The number of carbonyl (C=O) groups is 2. The highest BCUT2D eigenvalue weighted by Gasteiger charge is 2.26. The molecule has 3 rings (SSSR count). The number of rotatable bonds is 7. The molecule has 0 radical (unpaired) electrons. The third-order valence-electron chi connectivity index (χ3n) is 4.61. The topological polar surface area (TPSA) is 107 Å². The summed E-state index contributed by atoms with van der Waals surface area (Å²) in [4.78, 5) is 29.4. The number of esters is 1. The van der Waals surface area contributed by atoms with E-state index in [2.05, 4.69) is 10.3 Å². The quantitative estimate of drug-likeness (QED) is 0.514. The minimum atomic E-state index is -0.929. The van der Waals surface area contributed by atoms with Crippen molar-refractivity contribution < 1.29 is 28.9 Å². The number of para-hydroxylation sites is 1. The molecule has 174 valence electrons. The lowest BCUT2D eigenvalue weighted by Gasteiger charge is -2.22. The number of nitrogens with zero attached hydrogens (tertiary/aromatic N) is 1. The van der Waals surface area contributed by atoms with Crippen LogP contribution in [-0.2, 0) is 20.9 Å². The Morgan fingerprint density at radius 3 is 2.39 bits per heavy atom. The van der Waals surface area contributed by atoms with E-state index in [1.807, 2.05) is 30.3 Å². The lowest BCUT2D eigenvalue weighted by Crippen LogP contribution is -2.42. The number of ether oxygens (including phenoxy) is 3. The van der Waals surface area contributed by atoms with Gasteiger partial charge >= 0.3 is 5.97 Å². The molecule has 0 aliphatic rings. The van der Waals surface area contributed by atoms with Crippen molar-refractivity contribution in [2.24, 2.45) is 0 Å². The SMILES string of the molecule is COCc1nc(C(=O)NC(C)C(=O)OC(C)(C)C)c(O)c2ccc(Oc3ccccc3)cc12. The molecule has 1 aromatic heterocycles. The van der Waals surface area contributed by atoms with Gasteiger partial charge in [-0.3, -0.25) is 4.79 Å². The Kier molecular flexibility index (Phi) is 7.18. The van der Waals surface area contributed by atoms with Crippen molar-refractivity contribution in [3.05, 3.63) is 59.9 Å². The van der Waals surface area contributed by atoms with Crippen LogP contribution in [-0.4, -0.2) is 40.7 Å². The van der Waals surface area contributed by atoms with Gasteiger partial charge in [0.1, 0.15) is 23.1 Å². The van der Waals surface area contributed by atoms with Crippen molar-refractivity contribution >= 4 is 22.6 Å². The van der Waals surface area contributed by atoms with Gasteiger partial charge < -0.3 is 24.6 Å². The summed E-state index contributed by atoms with van der Waals surface area (Å²) < 4.78 is 16.4. The maximum Gasteiger partial charge on any atom is 0.328 e. The van der Waals surface area contributed by atoms with Gasteiger partial charge in [-0.15, -0.1) is 0 Å². The Morgan fingerprint density at radius 1 is 1.06 bits per heavy atom. The molecule has 2 N–H and O–H groups in total. The number of nitrogens with one attached hydrogen (secondary N) is 1. The van der Waals surface area contributed by atoms with E-state index in [4.69, 9.17) is 14.2 Å². The van der Waals surface area contributed by atoms with Gasteiger partial charge in [0.25, 0.3) is 5.91 Å². The lowest BCUT2D eigenvalue weighted by molar-refractivity contribution is -0.156. The summed E-state index contributed by atoms with van der Waals surface area (Å²) in [6.45, 7) is 6.83. The lowest BCUT2D eigenvalue weighted by atomic mass is 10.1. The van der Waals surface area contributed by atoms with Gasteiger partial charge in [0.05, 0.1) is 12.3 Å². The number of carbonyl (C=O) groups excluding carboxylic acids is 2. The highest BCUT2D eigenvalue weighted by Crippen LogP contribution is 2.34. The van der Waals surface area contributed by atoms with Crippen molar-refractivity contribution in [2.75, 3.05) is 7.11 Å². The Morgan fingerprint density at radius 2 is 1.76 bits per heavy atom. The summed E-state index contributed by atoms with van der Waals surface area (Å²) in [6.07, 6.45) is 0. The molecule has 8 nitrogen and oxygen atoms in total. The Balaban J connectivity index is 1.93. The summed E-state index contributed by atoms with van der Waals surface area (Å²) in [5.74, 6) is -0.381. The van der Waals surface area contributed by atoms with Crippen molar-refractivity contribution in [1.29, 1.82) is 0 Å².